The van der Waals surface area contributed by atoms with Gasteiger partial charge >= 0.3 is 19.8 Å². The number of pyridine rings is 1. The fraction of sp³-hybridized carbons (Fsp3) is 0.760. The molecule has 0 saturated carbocycles. The van der Waals surface area contributed by atoms with Crippen LogP contribution in [0.1, 0.15) is 206 Å². The highest BCUT2D eigenvalue weighted by atomic mass is 31.2. The molecule has 2 heterocycles. The van der Waals surface area contributed by atoms with Gasteiger partial charge in [0.25, 0.3) is 0 Å². The Kier molecular flexibility index (Phi) is 29.6. The van der Waals surface area contributed by atoms with E-state index < -0.39 is 32.5 Å². The molecule has 0 aliphatic carbocycles. The van der Waals surface area contributed by atoms with Crippen molar-refractivity contribution in [2.24, 2.45) is 0 Å². The summed E-state index contributed by atoms with van der Waals surface area (Å²) < 4.78 is 42.7. The number of ether oxygens (including phenoxy) is 3. The predicted octanol–water partition coefficient (Wildman–Crippen LogP) is 13.3. The maximum Gasteiger partial charge on any atom is 0.472 e. The van der Waals surface area contributed by atoms with Crippen LogP contribution in [0.5, 0.6) is 0 Å². The van der Waals surface area contributed by atoms with Crippen molar-refractivity contribution in [3.63, 3.8) is 0 Å². The standard InChI is InChI=1S/C50H85N4O9P/c1-4-7-9-11-13-15-17-19-21-23-25-27-29-35-46(55)60-39-42(63-47(56)36-30-28-26-24-22-20-18-16-14-12-10-8-5-2)40-62-64(57,58)61-38-37-54-45(41-59-6-3)53-48-49(54)43-33-31-32-34-44(43)52-50(48)51/h31-34,42H,4-30,35-41H2,1-3H3,(H2,51,52)(H,57,58). The number of benzene rings is 1. The summed E-state index contributed by atoms with van der Waals surface area (Å²) in [6.07, 6.45) is 30.6. The lowest BCUT2D eigenvalue weighted by Gasteiger charge is -2.20. The van der Waals surface area contributed by atoms with E-state index in [0.717, 1.165) is 37.5 Å². The van der Waals surface area contributed by atoms with Gasteiger partial charge in [0.05, 0.1) is 24.2 Å². The van der Waals surface area contributed by atoms with Crippen molar-refractivity contribution in [3.8, 4) is 0 Å². The number of phosphoric acid groups is 1. The molecule has 0 amide bonds. The van der Waals surface area contributed by atoms with E-state index in [9.17, 15) is 19.0 Å². The summed E-state index contributed by atoms with van der Waals surface area (Å²) in [6, 6.07) is 7.54. The van der Waals surface area contributed by atoms with Gasteiger partial charge in [0.2, 0.25) is 0 Å². The number of hydrogen-bond donors (Lipinski definition) is 2. The molecule has 13 nitrogen and oxygen atoms in total. The minimum Gasteiger partial charge on any atom is -0.462 e. The lowest BCUT2D eigenvalue weighted by atomic mass is 10.0. The van der Waals surface area contributed by atoms with Gasteiger partial charge in [0.1, 0.15) is 24.6 Å². The Morgan fingerprint density at radius 2 is 1.17 bits per heavy atom. The topological polar surface area (TPSA) is 174 Å². The van der Waals surface area contributed by atoms with Crippen molar-refractivity contribution in [2.45, 2.75) is 220 Å². The van der Waals surface area contributed by atoms with Crippen molar-refractivity contribution < 1.29 is 42.3 Å². The summed E-state index contributed by atoms with van der Waals surface area (Å²) in [7, 11) is -4.64. The summed E-state index contributed by atoms with van der Waals surface area (Å²) >= 11 is 0. The molecule has 14 heteroatoms. The van der Waals surface area contributed by atoms with E-state index in [1.165, 1.54) is 122 Å². The van der Waals surface area contributed by atoms with Gasteiger partial charge in [-0.3, -0.25) is 18.6 Å². The molecule has 2 unspecified atom stereocenters. The molecule has 0 radical (unpaired) electrons. The Morgan fingerprint density at radius 1 is 0.672 bits per heavy atom. The van der Waals surface area contributed by atoms with E-state index >= 15 is 0 Å². The number of para-hydroxylation sites is 1. The van der Waals surface area contributed by atoms with Crippen molar-refractivity contribution in [3.05, 3.63) is 30.1 Å². The zero-order valence-electron chi connectivity index (χ0n) is 40.0. The summed E-state index contributed by atoms with van der Waals surface area (Å²) in [6.45, 7) is 6.18. The first-order chi connectivity index (χ1) is 31.2. The van der Waals surface area contributed by atoms with Crippen LogP contribution in [0.4, 0.5) is 5.82 Å². The molecule has 1 aromatic carbocycles. The number of phosphoric ester groups is 1. The highest BCUT2D eigenvalue weighted by Gasteiger charge is 2.27. The molecule has 3 N–H and O–H groups in total. The van der Waals surface area contributed by atoms with E-state index in [1.807, 2.05) is 35.8 Å². The van der Waals surface area contributed by atoms with Gasteiger partial charge in [0, 0.05) is 31.4 Å². The number of nitrogens with two attached hydrogens (primary N) is 1. The molecule has 3 aromatic rings. The number of fused-ring (bicyclic) bond motifs is 3. The molecule has 0 spiro atoms. The minimum absolute atomic E-state index is 0.134. The SMILES string of the molecule is CCCCCCCCCCCCCCCC(=O)OCC(COP(=O)(O)OCCn1c(COCC)nc2c(N)nc3ccccc3c21)OC(=O)CCCCCCCCCCCCCCC. The minimum atomic E-state index is -4.64. The van der Waals surface area contributed by atoms with Crippen LogP contribution in [-0.2, 0) is 50.6 Å². The van der Waals surface area contributed by atoms with Crippen LogP contribution < -0.4 is 5.73 Å². The number of nitrogens with zero attached hydrogens (tertiary/aromatic N) is 3. The zero-order valence-corrected chi connectivity index (χ0v) is 40.9. The third-order valence-corrected chi connectivity index (χ3v) is 12.8. The van der Waals surface area contributed by atoms with E-state index in [2.05, 4.69) is 18.8 Å². The van der Waals surface area contributed by atoms with Crippen LogP contribution in [0.15, 0.2) is 24.3 Å². The van der Waals surface area contributed by atoms with Crippen LogP contribution in [0.25, 0.3) is 21.9 Å². The molecule has 3 rings (SSSR count). The number of nitrogen functional groups attached to an aromatic ring is 1. The molecule has 364 valence electrons. The largest absolute Gasteiger partial charge is 0.472 e. The van der Waals surface area contributed by atoms with Crippen LogP contribution in [-0.4, -0.2) is 63.9 Å². The third-order valence-electron chi connectivity index (χ3n) is 11.8. The van der Waals surface area contributed by atoms with Gasteiger partial charge in [-0.25, -0.2) is 14.5 Å². The smallest absolute Gasteiger partial charge is 0.462 e. The van der Waals surface area contributed by atoms with Crippen LogP contribution in [0, 0.1) is 0 Å². The normalized spacial score (nSPS) is 13.1. The van der Waals surface area contributed by atoms with Crippen LogP contribution >= 0.6 is 7.82 Å². The lowest BCUT2D eigenvalue weighted by Crippen LogP contribution is -2.29. The van der Waals surface area contributed by atoms with Gasteiger partial charge in [-0.1, -0.05) is 186 Å². The average molecular weight is 917 g/mol. The van der Waals surface area contributed by atoms with E-state index in [0.29, 0.717) is 41.8 Å². The van der Waals surface area contributed by atoms with E-state index in [4.69, 9.17) is 34.0 Å². The molecule has 0 aliphatic heterocycles. The third kappa shape index (κ3) is 23.4. The molecule has 0 bridgehead atoms. The fourth-order valence-corrected chi connectivity index (χ4v) is 8.85. The number of anilines is 1. The summed E-state index contributed by atoms with van der Waals surface area (Å²) in [5.74, 6) is -0.0346. The maximum atomic E-state index is 13.2. The number of carbonyl (C=O) groups excluding carboxylic acids is 2. The fourth-order valence-electron chi connectivity index (χ4n) is 8.10. The first-order valence-corrected chi connectivity index (χ1v) is 26.8. The Hall–Kier alpha value is -3.09. The number of aromatic nitrogens is 3. The van der Waals surface area contributed by atoms with E-state index in [-0.39, 0.29) is 45.0 Å². The Balaban J connectivity index is 1.46. The molecule has 2 aromatic heterocycles. The van der Waals surface area contributed by atoms with Gasteiger partial charge in [0.15, 0.2) is 11.9 Å². The molecule has 64 heavy (non-hydrogen) atoms. The van der Waals surface area contributed by atoms with Crippen molar-refractivity contribution >= 4 is 47.5 Å². The van der Waals surface area contributed by atoms with Gasteiger partial charge in [-0.2, -0.15) is 0 Å². The average Bonchev–Trinajstić information content (AvgIpc) is 3.65. The maximum absolute atomic E-state index is 13.2. The second-order valence-corrected chi connectivity index (χ2v) is 18.9. The van der Waals surface area contributed by atoms with Crippen molar-refractivity contribution in [2.75, 3.05) is 32.2 Å². The summed E-state index contributed by atoms with van der Waals surface area (Å²) in [5, 5.41) is 0.817. The van der Waals surface area contributed by atoms with Crippen LogP contribution in [0.2, 0.25) is 0 Å². The highest BCUT2D eigenvalue weighted by Crippen LogP contribution is 2.43. The number of hydrogen-bond acceptors (Lipinski definition) is 11. The molecular formula is C50H85N4O9P. The van der Waals surface area contributed by atoms with Gasteiger partial charge in [-0.05, 0) is 25.8 Å². The molecule has 0 fully saturated rings. The number of unbranched alkanes of at least 4 members (excludes halogenated alkanes) is 24. The van der Waals surface area contributed by atoms with Gasteiger partial charge in [-0.15, -0.1) is 0 Å². The first kappa shape index (κ1) is 55.2. The monoisotopic (exact) mass is 917 g/mol. The van der Waals surface area contributed by atoms with E-state index in [1.54, 1.807) is 0 Å². The number of esters is 2. The lowest BCUT2D eigenvalue weighted by molar-refractivity contribution is -0.161. The molecule has 2 atom stereocenters. The molecular weight excluding hydrogens is 832 g/mol. The zero-order chi connectivity index (χ0) is 46.1. The van der Waals surface area contributed by atoms with Crippen LogP contribution in [0.3, 0.4) is 0 Å². The van der Waals surface area contributed by atoms with Crippen molar-refractivity contribution in [1.82, 2.24) is 14.5 Å². The number of carbonyl (C=O) groups is 2. The predicted molar refractivity (Wildman–Crippen MR) is 258 cm³/mol. The summed E-state index contributed by atoms with van der Waals surface area (Å²) in [4.78, 5) is 45.6. The Labute approximate surface area is 385 Å². The highest BCUT2D eigenvalue weighted by molar-refractivity contribution is 7.47. The molecule has 0 aliphatic rings. The summed E-state index contributed by atoms with van der Waals surface area (Å²) in [5.41, 5.74) is 8.20. The second-order valence-electron chi connectivity index (χ2n) is 17.4. The first-order valence-electron chi connectivity index (χ1n) is 25.3. The quantitative estimate of drug-likeness (QED) is 0.0314. The second kappa shape index (κ2) is 34.3. The number of rotatable bonds is 41. The Bertz CT molecular complexity index is 1750. The Morgan fingerprint density at radius 3 is 1.70 bits per heavy atom. The number of imidazole rings is 1. The molecule has 0 saturated heterocycles. The van der Waals surface area contributed by atoms with Gasteiger partial charge < -0.3 is 29.4 Å². The van der Waals surface area contributed by atoms with Crippen molar-refractivity contribution in [1.29, 1.82) is 0 Å².